The third-order valence-electron chi connectivity index (χ3n) is 2.99. The summed E-state index contributed by atoms with van der Waals surface area (Å²) in [6, 6.07) is 7.28. The molecule has 0 saturated carbocycles. The van der Waals surface area contributed by atoms with Crippen LogP contribution >= 0.6 is 0 Å². The number of benzene rings is 1. The number of hydrogen-bond donors (Lipinski definition) is 2. The molecular weight excluding hydrogens is 246 g/mol. The number of carbonyl (C=O) groups is 2. The quantitative estimate of drug-likeness (QED) is 0.821. The molecule has 0 spiro atoms. The van der Waals surface area contributed by atoms with Gasteiger partial charge in [0.15, 0.2) is 6.61 Å². The topological polar surface area (TPSA) is 75.6 Å². The Labute approximate surface area is 112 Å². The number of amides is 1. The molecule has 1 amide bonds. The SMILES string of the molecule is CCC(C)(NC(=O)COc1ccc(C)cc1)C(=O)O. The van der Waals surface area contributed by atoms with E-state index in [0.29, 0.717) is 12.2 Å². The van der Waals surface area contributed by atoms with Crippen molar-refractivity contribution in [2.24, 2.45) is 0 Å². The summed E-state index contributed by atoms with van der Waals surface area (Å²) in [6.45, 7) is 4.93. The smallest absolute Gasteiger partial charge is 0.329 e. The van der Waals surface area contributed by atoms with E-state index in [9.17, 15) is 9.59 Å². The van der Waals surface area contributed by atoms with E-state index in [-0.39, 0.29) is 6.61 Å². The number of aryl methyl sites for hydroxylation is 1. The number of nitrogens with one attached hydrogen (secondary N) is 1. The Morgan fingerprint density at radius 1 is 1.32 bits per heavy atom. The zero-order valence-corrected chi connectivity index (χ0v) is 11.4. The van der Waals surface area contributed by atoms with Gasteiger partial charge in [-0.2, -0.15) is 0 Å². The lowest BCUT2D eigenvalue weighted by atomic mass is 9.99. The monoisotopic (exact) mass is 265 g/mol. The minimum absolute atomic E-state index is 0.202. The van der Waals surface area contributed by atoms with Crippen LogP contribution in [0.2, 0.25) is 0 Å². The highest BCUT2D eigenvalue weighted by molar-refractivity contribution is 5.87. The number of aliphatic carboxylic acids is 1. The number of carboxylic acid groups (broad SMARTS) is 1. The molecule has 1 atom stereocenters. The maximum atomic E-state index is 11.7. The molecule has 1 aromatic rings. The Balaban J connectivity index is 2.52. The van der Waals surface area contributed by atoms with Crippen LogP contribution in [0.3, 0.4) is 0 Å². The highest BCUT2D eigenvalue weighted by Crippen LogP contribution is 2.12. The molecule has 0 heterocycles. The van der Waals surface area contributed by atoms with Crippen LogP contribution in [0, 0.1) is 6.92 Å². The number of ether oxygens (including phenoxy) is 1. The third kappa shape index (κ3) is 4.28. The molecule has 0 aromatic heterocycles. The fraction of sp³-hybridized carbons (Fsp3) is 0.429. The first-order chi connectivity index (χ1) is 8.87. The summed E-state index contributed by atoms with van der Waals surface area (Å²) in [6.07, 6.45) is 0.304. The van der Waals surface area contributed by atoms with Gasteiger partial charge < -0.3 is 15.2 Å². The predicted molar refractivity (Wildman–Crippen MR) is 71.1 cm³/mol. The summed E-state index contributed by atoms with van der Waals surface area (Å²) < 4.78 is 5.29. The van der Waals surface area contributed by atoms with E-state index in [2.05, 4.69) is 5.32 Å². The van der Waals surface area contributed by atoms with Crippen molar-refractivity contribution in [1.29, 1.82) is 0 Å². The van der Waals surface area contributed by atoms with Gasteiger partial charge in [-0.25, -0.2) is 4.79 Å². The number of rotatable bonds is 6. The molecule has 0 aliphatic heterocycles. The summed E-state index contributed by atoms with van der Waals surface area (Å²) in [7, 11) is 0. The molecular formula is C14H19NO4. The lowest BCUT2D eigenvalue weighted by molar-refractivity contribution is -0.147. The third-order valence-corrected chi connectivity index (χ3v) is 2.99. The van der Waals surface area contributed by atoms with Crippen molar-refractivity contribution in [2.75, 3.05) is 6.61 Å². The molecule has 0 fully saturated rings. The van der Waals surface area contributed by atoms with E-state index in [0.717, 1.165) is 5.56 Å². The second kappa shape index (κ2) is 6.22. The molecule has 0 bridgehead atoms. The van der Waals surface area contributed by atoms with Crippen molar-refractivity contribution in [3.63, 3.8) is 0 Å². The molecule has 5 nitrogen and oxygen atoms in total. The summed E-state index contributed by atoms with van der Waals surface area (Å²) in [5, 5.41) is 11.5. The van der Waals surface area contributed by atoms with E-state index >= 15 is 0 Å². The standard InChI is InChI=1S/C14H19NO4/c1-4-14(3,13(17)18)15-12(16)9-19-11-7-5-10(2)6-8-11/h5-8H,4,9H2,1-3H3,(H,15,16)(H,17,18). The number of carbonyl (C=O) groups excluding carboxylic acids is 1. The molecule has 1 aromatic carbocycles. The van der Waals surface area contributed by atoms with Gasteiger partial charge in [-0.1, -0.05) is 24.6 Å². The lowest BCUT2D eigenvalue weighted by Crippen LogP contribution is -2.53. The van der Waals surface area contributed by atoms with Gasteiger partial charge in [-0.3, -0.25) is 4.79 Å². The van der Waals surface area contributed by atoms with Gasteiger partial charge >= 0.3 is 5.97 Å². The van der Waals surface area contributed by atoms with Crippen LogP contribution in [-0.4, -0.2) is 29.1 Å². The van der Waals surface area contributed by atoms with Crippen molar-refractivity contribution in [3.05, 3.63) is 29.8 Å². The molecule has 104 valence electrons. The number of carboxylic acids is 1. The predicted octanol–water partition coefficient (Wildman–Crippen LogP) is 1.74. The van der Waals surface area contributed by atoms with Crippen LogP contribution in [0.4, 0.5) is 0 Å². The molecule has 1 unspecified atom stereocenters. The Morgan fingerprint density at radius 3 is 2.37 bits per heavy atom. The Kier molecular flexibility index (Phi) is 4.92. The molecule has 0 aliphatic rings. The fourth-order valence-corrected chi connectivity index (χ4v) is 1.42. The van der Waals surface area contributed by atoms with Crippen molar-refractivity contribution < 1.29 is 19.4 Å². The van der Waals surface area contributed by atoms with E-state index < -0.39 is 17.4 Å². The fourth-order valence-electron chi connectivity index (χ4n) is 1.42. The summed E-state index contributed by atoms with van der Waals surface area (Å²) in [5.41, 5.74) is -0.158. The Morgan fingerprint density at radius 2 is 1.89 bits per heavy atom. The summed E-state index contributed by atoms with van der Waals surface area (Å²) in [4.78, 5) is 22.7. The first kappa shape index (κ1) is 15.0. The van der Waals surface area contributed by atoms with Gasteiger partial charge in [0.2, 0.25) is 0 Å². The normalized spacial score (nSPS) is 13.4. The lowest BCUT2D eigenvalue weighted by Gasteiger charge is -2.24. The maximum absolute atomic E-state index is 11.7. The average molecular weight is 265 g/mol. The van der Waals surface area contributed by atoms with Crippen LogP contribution in [0.25, 0.3) is 0 Å². The minimum Gasteiger partial charge on any atom is -0.484 e. The minimum atomic E-state index is -1.26. The second-order valence-corrected chi connectivity index (χ2v) is 4.64. The van der Waals surface area contributed by atoms with Gasteiger partial charge in [-0.05, 0) is 32.4 Å². The van der Waals surface area contributed by atoms with E-state index in [1.165, 1.54) is 6.92 Å². The number of hydrogen-bond acceptors (Lipinski definition) is 3. The first-order valence-electron chi connectivity index (χ1n) is 6.11. The van der Waals surface area contributed by atoms with Gasteiger partial charge in [-0.15, -0.1) is 0 Å². The summed E-state index contributed by atoms with van der Waals surface area (Å²) >= 11 is 0. The first-order valence-corrected chi connectivity index (χ1v) is 6.11. The molecule has 0 saturated heterocycles. The molecule has 0 radical (unpaired) electrons. The van der Waals surface area contributed by atoms with Crippen LogP contribution in [0.1, 0.15) is 25.8 Å². The highest BCUT2D eigenvalue weighted by atomic mass is 16.5. The van der Waals surface area contributed by atoms with Crippen molar-refractivity contribution in [3.8, 4) is 5.75 Å². The van der Waals surface area contributed by atoms with E-state index in [4.69, 9.17) is 9.84 Å². The molecule has 0 aliphatic carbocycles. The molecule has 5 heteroatoms. The van der Waals surface area contributed by atoms with Crippen molar-refractivity contribution in [2.45, 2.75) is 32.7 Å². The molecule has 1 rings (SSSR count). The van der Waals surface area contributed by atoms with Crippen molar-refractivity contribution >= 4 is 11.9 Å². The van der Waals surface area contributed by atoms with Gasteiger partial charge in [0.25, 0.3) is 5.91 Å². The van der Waals surface area contributed by atoms with E-state index in [1.54, 1.807) is 19.1 Å². The molecule has 2 N–H and O–H groups in total. The zero-order valence-electron chi connectivity index (χ0n) is 11.4. The van der Waals surface area contributed by atoms with Crippen LogP contribution in [-0.2, 0) is 9.59 Å². The van der Waals surface area contributed by atoms with Gasteiger partial charge in [0.05, 0.1) is 0 Å². The van der Waals surface area contributed by atoms with E-state index in [1.807, 2.05) is 19.1 Å². The van der Waals surface area contributed by atoms with Gasteiger partial charge in [0, 0.05) is 0 Å². The Hall–Kier alpha value is -2.04. The van der Waals surface area contributed by atoms with Crippen LogP contribution in [0.15, 0.2) is 24.3 Å². The van der Waals surface area contributed by atoms with Crippen LogP contribution in [0.5, 0.6) is 5.75 Å². The Bertz CT molecular complexity index is 455. The molecule has 19 heavy (non-hydrogen) atoms. The highest BCUT2D eigenvalue weighted by Gasteiger charge is 2.32. The average Bonchev–Trinajstić information content (AvgIpc) is 2.37. The van der Waals surface area contributed by atoms with Crippen LogP contribution < -0.4 is 10.1 Å². The largest absolute Gasteiger partial charge is 0.484 e. The van der Waals surface area contributed by atoms with Crippen molar-refractivity contribution in [1.82, 2.24) is 5.32 Å². The second-order valence-electron chi connectivity index (χ2n) is 4.64. The van der Waals surface area contributed by atoms with Gasteiger partial charge in [0.1, 0.15) is 11.3 Å². The summed E-state index contributed by atoms with van der Waals surface area (Å²) in [5.74, 6) is -0.930. The maximum Gasteiger partial charge on any atom is 0.329 e. The zero-order chi connectivity index (χ0) is 14.5.